The van der Waals surface area contributed by atoms with E-state index < -0.39 is 11.9 Å². The van der Waals surface area contributed by atoms with Crippen LogP contribution in [-0.2, 0) is 0 Å². The van der Waals surface area contributed by atoms with E-state index >= 15 is 0 Å². The number of aromatic nitrogens is 5. The number of hydrogen-bond acceptors (Lipinski definition) is 8. The zero-order chi connectivity index (χ0) is 24.5. The normalized spacial score (nSPS) is 14.1. The smallest absolute Gasteiger partial charge is 0.263 e. The van der Waals surface area contributed by atoms with Gasteiger partial charge in [0, 0.05) is 13.1 Å². The predicted molar refractivity (Wildman–Crippen MR) is 132 cm³/mol. The number of benzene rings is 1. The van der Waals surface area contributed by atoms with Crippen LogP contribution in [0.2, 0.25) is 5.02 Å². The van der Waals surface area contributed by atoms with Crippen molar-refractivity contribution in [2.75, 3.05) is 24.1 Å². The quantitative estimate of drug-likeness (QED) is 0.373. The minimum atomic E-state index is -0.453. The van der Waals surface area contributed by atoms with Crippen LogP contribution in [0.5, 0.6) is 0 Å². The van der Waals surface area contributed by atoms with E-state index in [1.807, 2.05) is 6.92 Å². The van der Waals surface area contributed by atoms with Crippen molar-refractivity contribution in [3.8, 4) is 11.8 Å². The van der Waals surface area contributed by atoms with E-state index in [0.717, 1.165) is 6.20 Å². The monoisotopic (exact) mass is 490 g/mol. The second-order valence-corrected chi connectivity index (χ2v) is 8.46. The molecule has 176 valence electrons. The Bertz CT molecular complexity index is 1540. The maximum absolute atomic E-state index is 13.4. The lowest BCUT2D eigenvalue weighted by Crippen LogP contribution is -2.48. The Hall–Kier alpha value is -4.07. The largest absolute Gasteiger partial charge is 0.382 e. The number of nitrogens with one attached hydrogen (secondary N) is 2. The summed E-state index contributed by atoms with van der Waals surface area (Å²) in [6.45, 7) is 3.18. The molecule has 0 radical (unpaired) electrons. The number of halogens is 2. The first-order chi connectivity index (χ1) is 16.9. The summed E-state index contributed by atoms with van der Waals surface area (Å²) in [4.78, 5) is 30.5. The molecule has 1 aliphatic rings. The van der Waals surface area contributed by atoms with Gasteiger partial charge in [-0.2, -0.15) is 0 Å². The molecule has 1 fully saturated rings. The van der Waals surface area contributed by atoms with Gasteiger partial charge in [-0.05, 0) is 37.1 Å². The number of pyridine rings is 1. The van der Waals surface area contributed by atoms with Crippen LogP contribution < -0.4 is 21.9 Å². The van der Waals surface area contributed by atoms with Crippen LogP contribution in [0.15, 0.2) is 47.7 Å². The Morgan fingerprint density at radius 1 is 1.23 bits per heavy atom. The highest BCUT2D eigenvalue weighted by Crippen LogP contribution is 2.26. The number of nitrogens with zero attached hydrogens (tertiary/aromatic N) is 5. The zero-order valence-corrected chi connectivity index (χ0v) is 19.3. The molecule has 4 aromatic rings. The SMILES string of the molecule is CC(Nc1ncnc(N)c1C#Cc1ccc(F)cn1)c1nc2cccc(Cl)c2c(=O)n1C1CNC1. The summed E-state index contributed by atoms with van der Waals surface area (Å²) in [6, 6.07) is 7.46. The van der Waals surface area contributed by atoms with Gasteiger partial charge in [0.1, 0.15) is 40.9 Å². The molecule has 1 saturated heterocycles. The number of anilines is 2. The fourth-order valence-corrected chi connectivity index (χ4v) is 4.06. The third kappa shape index (κ3) is 4.39. The van der Waals surface area contributed by atoms with Crippen molar-refractivity contribution in [1.82, 2.24) is 29.8 Å². The van der Waals surface area contributed by atoms with E-state index in [9.17, 15) is 9.18 Å². The van der Waals surface area contributed by atoms with Gasteiger partial charge in [-0.25, -0.2) is 24.3 Å². The summed E-state index contributed by atoms with van der Waals surface area (Å²) in [6.07, 6.45) is 2.41. The lowest BCUT2D eigenvalue weighted by atomic mass is 10.1. The number of nitrogen functional groups attached to an aromatic ring is 1. The average Bonchev–Trinajstić information content (AvgIpc) is 2.80. The third-order valence-electron chi connectivity index (χ3n) is 5.69. The van der Waals surface area contributed by atoms with Gasteiger partial charge in [0.25, 0.3) is 5.56 Å². The van der Waals surface area contributed by atoms with Crippen LogP contribution in [0, 0.1) is 17.7 Å². The average molecular weight is 491 g/mol. The van der Waals surface area contributed by atoms with E-state index in [1.165, 1.54) is 18.5 Å². The standard InChI is InChI=1S/C24H20ClFN8O/c1-13(23-33-19-4-2-3-18(25)20(19)24(35)34(23)16-10-28-11-16)32-22-17(21(27)30-12-31-22)8-7-15-6-5-14(26)9-29-15/h2-6,9,12-13,16,28H,10-11H2,1H3,(H3,27,30,31,32). The molecule has 5 rings (SSSR count). The molecule has 0 amide bonds. The van der Waals surface area contributed by atoms with Crippen LogP contribution >= 0.6 is 11.6 Å². The first-order valence-electron chi connectivity index (χ1n) is 10.8. The van der Waals surface area contributed by atoms with Crippen LogP contribution in [0.25, 0.3) is 10.9 Å². The Kier molecular flexibility index (Phi) is 6.03. The molecule has 0 saturated carbocycles. The molecule has 4 heterocycles. The maximum atomic E-state index is 13.4. The Labute approximate surface area is 204 Å². The summed E-state index contributed by atoms with van der Waals surface area (Å²) in [7, 11) is 0. The van der Waals surface area contributed by atoms with Crippen molar-refractivity contribution < 1.29 is 4.39 Å². The molecule has 0 spiro atoms. The van der Waals surface area contributed by atoms with E-state index in [4.69, 9.17) is 22.3 Å². The van der Waals surface area contributed by atoms with E-state index in [2.05, 4.69) is 37.4 Å². The Balaban J connectivity index is 1.55. The van der Waals surface area contributed by atoms with Crippen molar-refractivity contribution in [2.45, 2.75) is 19.0 Å². The summed E-state index contributed by atoms with van der Waals surface area (Å²) in [5, 5.41) is 7.22. The summed E-state index contributed by atoms with van der Waals surface area (Å²) >= 11 is 6.34. The van der Waals surface area contributed by atoms with Crippen LogP contribution in [0.4, 0.5) is 16.0 Å². The van der Waals surface area contributed by atoms with Gasteiger partial charge in [0.05, 0.1) is 34.2 Å². The molecule has 1 atom stereocenters. The number of fused-ring (bicyclic) bond motifs is 1. The number of nitrogens with two attached hydrogens (primary N) is 1. The molecule has 1 aliphatic heterocycles. The van der Waals surface area contributed by atoms with Gasteiger partial charge in [0.2, 0.25) is 0 Å². The molecular formula is C24H20ClFN8O. The van der Waals surface area contributed by atoms with Gasteiger partial charge >= 0.3 is 0 Å². The molecule has 35 heavy (non-hydrogen) atoms. The van der Waals surface area contributed by atoms with E-state index in [0.29, 0.717) is 51.9 Å². The van der Waals surface area contributed by atoms with Crippen LogP contribution in [0.3, 0.4) is 0 Å². The first-order valence-corrected chi connectivity index (χ1v) is 11.2. The van der Waals surface area contributed by atoms with Crippen LogP contribution in [-0.4, -0.2) is 37.6 Å². The van der Waals surface area contributed by atoms with Gasteiger partial charge in [-0.3, -0.25) is 9.36 Å². The van der Waals surface area contributed by atoms with Gasteiger partial charge in [-0.1, -0.05) is 23.6 Å². The minimum Gasteiger partial charge on any atom is -0.382 e. The molecule has 9 nitrogen and oxygen atoms in total. The van der Waals surface area contributed by atoms with E-state index in [1.54, 1.807) is 22.8 Å². The van der Waals surface area contributed by atoms with Gasteiger partial charge < -0.3 is 16.4 Å². The van der Waals surface area contributed by atoms with Crippen molar-refractivity contribution in [3.63, 3.8) is 0 Å². The second-order valence-electron chi connectivity index (χ2n) is 8.05. The third-order valence-corrected chi connectivity index (χ3v) is 6.01. The molecule has 11 heteroatoms. The minimum absolute atomic E-state index is 0.0470. The van der Waals surface area contributed by atoms with E-state index in [-0.39, 0.29) is 17.4 Å². The Morgan fingerprint density at radius 2 is 2.06 bits per heavy atom. The van der Waals surface area contributed by atoms with Crippen molar-refractivity contribution >= 4 is 34.1 Å². The molecular weight excluding hydrogens is 471 g/mol. The molecule has 4 N–H and O–H groups in total. The topological polar surface area (TPSA) is 124 Å². The zero-order valence-electron chi connectivity index (χ0n) is 18.6. The van der Waals surface area contributed by atoms with Crippen LogP contribution in [0.1, 0.15) is 36.1 Å². The van der Waals surface area contributed by atoms with Crippen molar-refractivity contribution in [2.24, 2.45) is 0 Å². The molecule has 3 aromatic heterocycles. The fraction of sp³-hybridized carbons (Fsp3) is 0.208. The molecule has 1 aromatic carbocycles. The lowest BCUT2D eigenvalue weighted by molar-refractivity contribution is 0.323. The summed E-state index contributed by atoms with van der Waals surface area (Å²) in [5.74, 6) is 6.39. The molecule has 0 aliphatic carbocycles. The fourth-order valence-electron chi connectivity index (χ4n) is 3.81. The van der Waals surface area contributed by atoms with Crippen molar-refractivity contribution in [1.29, 1.82) is 0 Å². The summed E-state index contributed by atoms with van der Waals surface area (Å²) < 4.78 is 14.8. The van der Waals surface area contributed by atoms with Gasteiger partial charge in [-0.15, -0.1) is 0 Å². The highest BCUT2D eigenvalue weighted by Gasteiger charge is 2.27. The lowest BCUT2D eigenvalue weighted by Gasteiger charge is -2.32. The highest BCUT2D eigenvalue weighted by molar-refractivity contribution is 6.35. The molecule has 1 unspecified atom stereocenters. The Morgan fingerprint density at radius 3 is 2.77 bits per heavy atom. The summed E-state index contributed by atoms with van der Waals surface area (Å²) in [5.41, 5.74) is 7.12. The predicted octanol–water partition coefficient (Wildman–Crippen LogP) is 2.67. The highest BCUT2D eigenvalue weighted by atomic mass is 35.5. The first kappa shape index (κ1) is 22.7. The number of hydrogen-bond donors (Lipinski definition) is 3. The molecule has 0 bridgehead atoms. The number of rotatable bonds is 4. The second kappa shape index (κ2) is 9.29. The maximum Gasteiger partial charge on any atom is 0.263 e. The van der Waals surface area contributed by atoms with Gasteiger partial charge in [0.15, 0.2) is 0 Å². The van der Waals surface area contributed by atoms with Crippen molar-refractivity contribution in [3.05, 3.63) is 81.1 Å².